The van der Waals surface area contributed by atoms with Gasteiger partial charge < -0.3 is 9.84 Å². The van der Waals surface area contributed by atoms with Gasteiger partial charge >= 0.3 is 5.97 Å². The van der Waals surface area contributed by atoms with E-state index in [1.165, 1.54) is 6.08 Å². The van der Waals surface area contributed by atoms with Crippen LogP contribution in [0.3, 0.4) is 0 Å². The number of allylic oxidation sites excluding steroid dienone is 1. The average Bonchev–Trinajstić information content (AvgIpc) is 2.77. The molecule has 0 fully saturated rings. The second-order valence-corrected chi connectivity index (χ2v) is 6.60. The molecule has 1 unspecified atom stereocenters. The van der Waals surface area contributed by atoms with Gasteiger partial charge in [0.05, 0.1) is 0 Å². The van der Waals surface area contributed by atoms with E-state index in [1.54, 1.807) is 42.5 Å². The minimum Gasteiger partial charge on any atom is -0.479 e. The molecule has 0 saturated carbocycles. The summed E-state index contributed by atoms with van der Waals surface area (Å²) in [4.78, 5) is 23.6. The van der Waals surface area contributed by atoms with Gasteiger partial charge in [-0.25, -0.2) is 4.79 Å². The highest BCUT2D eigenvalue weighted by molar-refractivity contribution is 6.06. The maximum absolute atomic E-state index is 12.1. The van der Waals surface area contributed by atoms with Crippen molar-refractivity contribution < 1.29 is 19.4 Å². The number of aryl methyl sites for hydroxylation is 1. The standard InChI is InChI=1S/C25H22O4/c26-23(21-9-5-2-6-10-21)17-13-20-11-15-22(16-12-20)29-24(25(27)28)18-14-19-7-3-1-4-8-19/h1-13,15-17,24H,14,18H2,(H,27,28). The summed E-state index contributed by atoms with van der Waals surface area (Å²) in [6.45, 7) is 0. The Hall–Kier alpha value is -3.66. The molecule has 1 N–H and O–H groups in total. The van der Waals surface area contributed by atoms with Crippen LogP contribution in [-0.4, -0.2) is 23.0 Å². The van der Waals surface area contributed by atoms with Crippen molar-refractivity contribution in [2.45, 2.75) is 18.9 Å². The molecule has 0 heterocycles. The molecule has 3 aromatic carbocycles. The lowest BCUT2D eigenvalue weighted by molar-refractivity contribution is -0.145. The Morgan fingerprint density at radius 1 is 0.862 bits per heavy atom. The van der Waals surface area contributed by atoms with Gasteiger partial charge in [-0.05, 0) is 42.2 Å². The van der Waals surface area contributed by atoms with Crippen LogP contribution in [0.5, 0.6) is 5.75 Å². The first-order valence-corrected chi connectivity index (χ1v) is 9.43. The lowest BCUT2D eigenvalue weighted by Gasteiger charge is -2.15. The summed E-state index contributed by atoms with van der Waals surface area (Å²) in [5.74, 6) is -0.576. The largest absolute Gasteiger partial charge is 0.479 e. The number of aliphatic carboxylic acids is 1. The summed E-state index contributed by atoms with van der Waals surface area (Å²) in [6.07, 6.45) is 3.33. The average molecular weight is 386 g/mol. The SMILES string of the molecule is O=C(C=Cc1ccc(OC(CCc2ccccc2)C(=O)O)cc1)c1ccccc1. The molecule has 3 rings (SSSR count). The second kappa shape index (κ2) is 10.0. The molecule has 0 spiro atoms. The third-order valence-corrected chi connectivity index (χ3v) is 4.46. The summed E-state index contributed by atoms with van der Waals surface area (Å²) in [5, 5.41) is 9.45. The van der Waals surface area contributed by atoms with Gasteiger partial charge in [0.2, 0.25) is 0 Å². The third-order valence-electron chi connectivity index (χ3n) is 4.46. The predicted octanol–water partition coefficient (Wildman–Crippen LogP) is 5.05. The van der Waals surface area contributed by atoms with Crippen LogP contribution in [0.25, 0.3) is 6.08 Å². The number of hydrogen-bond donors (Lipinski definition) is 1. The highest BCUT2D eigenvalue weighted by Crippen LogP contribution is 2.17. The zero-order valence-corrected chi connectivity index (χ0v) is 15.9. The number of ether oxygens (including phenoxy) is 1. The van der Waals surface area contributed by atoms with Crippen molar-refractivity contribution in [3.05, 3.63) is 108 Å². The number of hydrogen-bond acceptors (Lipinski definition) is 3. The van der Waals surface area contributed by atoms with Crippen molar-refractivity contribution in [1.29, 1.82) is 0 Å². The van der Waals surface area contributed by atoms with Crippen LogP contribution >= 0.6 is 0 Å². The van der Waals surface area contributed by atoms with Crippen molar-refractivity contribution in [3.63, 3.8) is 0 Å². The molecule has 0 amide bonds. The van der Waals surface area contributed by atoms with E-state index in [2.05, 4.69) is 0 Å². The molecule has 1 atom stereocenters. The van der Waals surface area contributed by atoms with Crippen molar-refractivity contribution in [1.82, 2.24) is 0 Å². The van der Waals surface area contributed by atoms with Crippen LogP contribution in [0.1, 0.15) is 27.9 Å². The van der Waals surface area contributed by atoms with Crippen LogP contribution in [0, 0.1) is 0 Å². The molecule has 0 radical (unpaired) electrons. The van der Waals surface area contributed by atoms with Crippen LogP contribution in [0.2, 0.25) is 0 Å². The Morgan fingerprint density at radius 3 is 2.10 bits per heavy atom. The predicted molar refractivity (Wildman–Crippen MR) is 113 cm³/mol. The molecule has 0 saturated heterocycles. The fourth-order valence-corrected chi connectivity index (χ4v) is 2.87. The van der Waals surface area contributed by atoms with Crippen LogP contribution in [-0.2, 0) is 11.2 Å². The van der Waals surface area contributed by atoms with E-state index in [1.807, 2.05) is 48.5 Å². The zero-order chi connectivity index (χ0) is 20.5. The number of ketones is 1. The van der Waals surface area contributed by atoms with E-state index in [0.29, 0.717) is 24.2 Å². The smallest absolute Gasteiger partial charge is 0.344 e. The van der Waals surface area contributed by atoms with Crippen LogP contribution in [0.15, 0.2) is 91.0 Å². The molecular weight excluding hydrogens is 364 g/mol. The van der Waals surface area contributed by atoms with Gasteiger partial charge in [0.15, 0.2) is 11.9 Å². The van der Waals surface area contributed by atoms with E-state index in [-0.39, 0.29) is 5.78 Å². The van der Waals surface area contributed by atoms with Gasteiger partial charge in [-0.1, -0.05) is 78.9 Å². The summed E-state index contributed by atoms with van der Waals surface area (Å²) < 4.78 is 5.66. The molecule has 3 aromatic rings. The van der Waals surface area contributed by atoms with Gasteiger partial charge in [-0.2, -0.15) is 0 Å². The lowest BCUT2D eigenvalue weighted by Crippen LogP contribution is -2.27. The van der Waals surface area contributed by atoms with Gasteiger partial charge in [0.25, 0.3) is 0 Å². The van der Waals surface area contributed by atoms with Gasteiger partial charge in [-0.15, -0.1) is 0 Å². The Morgan fingerprint density at radius 2 is 1.48 bits per heavy atom. The highest BCUT2D eigenvalue weighted by atomic mass is 16.5. The number of benzene rings is 3. The number of carbonyl (C=O) groups excluding carboxylic acids is 1. The van der Waals surface area contributed by atoms with E-state index in [4.69, 9.17) is 4.74 Å². The fourth-order valence-electron chi connectivity index (χ4n) is 2.87. The van der Waals surface area contributed by atoms with Crippen molar-refractivity contribution in [2.75, 3.05) is 0 Å². The molecule has 0 aliphatic heterocycles. The molecule has 4 nitrogen and oxygen atoms in total. The topological polar surface area (TPSA) is 63.6 Å². The number of carboxylic acids is 1. The maximum atomic E-state index is 12.1. The Kier molecular flexibility index (Phi) is 6.95. The second-order valence-electron chi connectivity index (χ2n) is 6.60. The first kappa shape index (κ1) is 20.1. The fraction of sp³-hybridized carbons (Fsp3) is 0.120. The van der Waals surface area contributed by atoms with Crippen molar-refractivity contribution >= 4 is 17.8 Å². The minimum absolute atomic E-state index is 0.0715. The first-order chi connectivity index (χ1) is 14.1. The Labute approximate surface area is 170 Å². The van der Waals surface area contributed by atoms with E-state index >= 15 is 0 Å². The summed E-state index contributed by atoms with van der Waals surface area (Å²) in [5.41, 5.74) is 2.54. The molecule has 29 heavy (non-hydrogen) atoms. The number of rotatable bonds is 9. The molecule has 146 valence electrons. The van der Waals surface area contributed by atoms with Crippen molar-refractivity contribution in [3.8, 4) is 5.75 Å². The molecule has 0 aliphatic rings. The van der Waals surface area contributed by atoms with E-state index in [9.17, 15) is 14.7 Å². The molecule has 0 bridgehead atoms. The summed E-state index contributed by atoms with van der Waals surface area (Å²) >= 11 is 0. The quantitative estimate of drug-likeness (QED) is 0.413. The lowest BCUT2D eigenvalue weighted by atomic mass is 10.1. The van der Waals surface area contributed by atoms with Crippen LogP contribution < -0.4 is 4.74 Å². The Bertz CT molecular complexity index is 961. The number of carbonyl (C=O) groups is 2. The molecule has 0 aromatic heterocycles. The maximum Gasteiger partial charge on any atom is 0.344 e. The third kappa shape index (κ3) is 6.18. The summed E-state index contributed by atoms with van der Waals surface area (Å²) in [7, 11) is 0. The molecular formula is C25H22O4. The monoisotopic (exact) mass is 386 g/mol. The first-order valence-electron chi connectivity index (χ1n) is 9.43. The Balaban J connectivity index is 1.58. The molecule has 4 heteroatoms. The van der Waals surface area contributed by atoms with Crippen LogP contribution in [0.4, 0.5) is 0 Å². The zero-order valence-electron chi connectivity index (χ0n) is 15.9. The van der Waals surface area contributed by atoms with Gasteiger partial charge in [0.1, 0.15) is 5.75 Å². The summed E-state index contributed by atoms with van der Waals surface area (Å²) in [6, 6.07) is 25.8. The minimum atomic E-state index is -0.988. The van der Waals surface area contributed by atoms with E-state index < -0.39 is 12.1 Å². The van der Waals surface area contributed by atoms with E-state index in [0.717, 1.165) is 11.1 Å². The highest BCUT2D eigenvalue weighted by Gasteiger charge is 2.19. The molecule has 0 aliphatic carbocycles. The normalized spacial score (nSPS) is 11.9. The number of carboxylic acid groups (broad SMARTS) is 1. The van der Waals surface area contributed by atoms with Gasteiger partial charge in [-0.3, -0.25) is 4.79 Å². The van der Waals surface area contributed by atoms with Gasteiger partial charge in [0, 0.05) is 5.56 Å². The van der Waals surface area contributed by atoms with Crippen molar-refractivity contribution in [2.24, 2.45) is 0 Å².